The van der Waals surface area contributed by atoms with Gasteiger partial charge in [-0.1, -0.05) is 92.5 Å². The molecule has 0 unspecified atom stereocenters. The number of ether oxygens (including phenoxy) is 2. The molecule has 4 aromatic rings. The van der Waals surface area contributed by atoms with Crippen molar-refractivity contribution < 1.29 is 19.4 Å². The normalized spacial score (nSPS) is 17.8. The second kappa shape index (κ2) is 14.1. The lowest BCUT2D eigenvalue weighted by molar-refractivity contribution is -0.128. The highest BCUT2D eigenvalue weighted by atomic mass is 79.9. The van der Waals surface area contributed by atoms with Crippen LogP contribution in [0, 0.1) is 0 Å². The Morgan fingerprint density at radius 3 is 2.36 bits per heavy atom. The van der Waals surface area contributed by atoms with Crippen molar-refractivity contribution >= 4 is 43.7 Å². The minimum Gasteiger partial charge on any atom is -0.494 e. The van der Waals surface area contributed by atoms with Crippen LogP contribution < -0.4 is 10.1 Å². The monoisotopic (exact) mass is 690 g/mol. The van der Waals surface area contributed by atoms with Gasteiger partial charge in [0.05, 0.1) is 6.61 Å². The number of aliphatic hydroxyl groups is 1. The Hall–Kier alpha value is -3.46. The predicted molar refractivity (Wildman–Crippen MR) is 172 cm³/mol. The number of aliphatic hydroxyl groups excluding tert-OH is 1. The summed E-state index contributed by atoms with van der Waals surface area (Å²) >= 11 is 7.16. The van der Waals surface area contributed by atoms with Crippen LogP contribution in [0.25, 0.3) is 0 Å². The molecule has 0 aliphatic carbocycles. The molecule has 216 valence electrons. The first-order valence-electron chi connectivity index (χ1n) is 13.9. The molecule has 0 saturated carbocycles. The van der Waals surface area contributed by atoms with E-state index >= 15 is 0 Å². The fourth-order valence-corrected chi connectivity index (χ4v) is 5.66. The average molecular weight is 692 g/mol. The van der Waals surface area contributed by atoms with Crippen molar-refractivity contribution in [3.8, 4) is 5.75 Å². The van der Waals surface area contributed by atoms with E-state index in [2.05, 4.69) is 37.2 Å². The third-order valence-electron chi connectivity index (χ3n) is 7.16. The molecule has 42 heavy (non-hydrogen) atoms. The zero-order valence-electron chi connectivity index (χ0n) is 23.0. The van der Waals surface area contributed by atoms with Crippen LogP contribution in [0.2, 0.25) is 0 Å². The fraction of sp³-hybridized carbons (Fsp3) is 0.235. The Morgan fingerprint density at radius 2 is 1.64 bits per heavy atom. The van der Waals surface area contributed by atoms with Gasteiger partial charge in [0.15, 0.2) is 11.6 Å². The van der Waals surface area contributed by atoms with E-state index in [4.69, 9.17) is 19.6 Å². The van der Waals surface area contributed by atoms with Crippen LogP contribution >= 0.6 is 31.9 Å². The Bertz CT molecular complexity index is 1510. The molecule has 0 radical (unpaired) electrons. The number of rotatable bonds is 12. The van der Waals surface area contributed by atoms with Crippen molar-refractivity contribution in [1.82, 2.24) is 5.32 Å². The molecule has 0 aromatic heterocycles. The van der Waals surface area contributed by atoms with E-state index in [1.54, 1.807) is 0 Å². The summed E-state index contributed by atoms with van der Waals surface area (Å²) in [7, 11) is 0. The van der Waals surface area contributed by atoms with E-state index in [0.717, 1.165) is 31.2 Å². The summed E-state index contributed by atoms with van der Waals surface area (Å²) in [6, 6.07) is 33.3. The van der Waals surface area contributed by atoms with Crippen LogP contribution in [0.4, 0.5) is 0 Å². The number of hydrogen-bond acceptors (Lipinski definition) is 5. The molecule has 0 bridgehead atoms. The molecule has 2 atom stereocenters. The maximum atomic E-state index is 14.3. The third kappa shape index (κ3) is 7.12. The van der Waals surface area contributed by atoms with Gasteiger partial charge in [0.25, 0.3) is 5.91 Å². The molecule has 0 spiro atoms. The summed E-state index contributed by atoms with van der Waals surface area (Å²) < 4.78 is 14.2. The number of amides is 1. The summed E-state index contributed by atoms with van der Waals surface area (Å²) in [4.78, 5) is 19.4. The van der Waals surface area contributed by atoms with Crippen LogP contribution in [0.15, 0.2) is 117 Å². The minimum absolute atomic E-state index is 0.0778. The topological polar surface area (TPSA) is 80.2 Å². The van der Waals surface area contributed by atoms with Crippen LogP contribution in [0.5, 0.6) is 5.75 Å². The van der Waals surface area contributed by atoms with Gasteiger partial charge in [-0.25, -0.2) is 4.99 Å². The lowest BCUT2D eigenvalue weighted by Gasteiger charge is -2.31. The zero-order valence-corrected chi connectivity index (χ0v) is 26.2. The number of aliphatic imine (C=N–C) groups is 1. The second-order valence-corrected chi connectivity index (χ2v) is 11.9. The Kier molecular flexibility index (Phi) is 10.1. The lowest BCUT2D eigenvalue weighted by Crippen LogP contribution is -2.50. The molecule has 4 aromatic carbocycles. The molecule has 6 nitrogen and oxygen atoms in total. The molecule has 0 saturated heterocycles. The minimum atomic E-state index is -1.25. The van der Waals surface area contributed by atoms with Crippen molar-refractivity contribution in [2.75, 3.05) is 19.8 Å². The average Bonchev–Trinajstić information content (AvgIpc) is 3.41. The number of nitrogens with zero attached hydrogens (tertiary/aromatic N) is 1. The first kappa shape index (κ1) is 30.0. The summed E-state index contributed by atoms with van der Waals surface area (Å²) in [6.07, 6.45) is 0.943. The molecule has 1 aliphatic rings. The van der Waals surface area contributed by atoms with Crippen LogP contribution in [-0.4, -0.2) is 42.2 Å². The van der Waals surface area contributed by atoms with Gasteiger partial charge in [-0.05, 0) is 65.6 Å². The van der Waals surface area contributed by atoms with Gasteiger partial charge in [0.1, 0.15) is 5.75 Å². The number of carbonyl (C=O) groups is 1. The fourth-order valence-electron chi connectivity index (χ4n) is 4.97. The standard InChI is InChI=1S/C34H32Br2N2O4/c35-28-15-11-24(12-16-28)19-20-37-33(40)34(23-27-9-4-5-10-30(27)36)31(25-7-2-1-3-8-25)42-32(38-34)26-13-17-29(18-14-26)41-22-6-21-39/h1-5,7-18,31,39H,6,19-23H2,(H,37,40)/t31-,34-/m1/s1. The largest absolute Gasteiger partial charge is 0.494 e. The van der Waals surface area contributed by atoms with Gasteiger partial charge < -0.3 is 19.9 Å². The molecule has 8 heteroatoms. The van der Waals surface area contributed by atoms with Crippen LogP contribution in [0.3, 0.4) is 0 Å². The summed E-state index contributed by atoms with van der Waals surface area (Å²) in [5.74, 6) is 0.902. The van der Waals surface area contributed by atoms with E-state index in [1.807, 2.05) is 103 Å². The van der Waals surface area contributed by atoms with Crippen LogP contribution in [-0.2, 0) is 22.4 Å². The van der Waals surface area contributed by atoms with Gasteiger partial charge in [-0.2, -0.15) is 0 Å². The van der Waals surface area contributed by atoms with Crippen molar-refractivity contribution in [2.45, 2.75) is 30.9 Å². The molecule has 5 rings (SSSR count). The van der Waals surface area contributed by atoms with Gasteiger partial charge >= 0.3 is 0 Å². The maximum absolute atomic E-state index is 14.3. The Balaban J connectivity index is 1.50. The number of halogens is 2. The van der Waals surface area contributed by atoms with Crippen molar-refractivity contribution in [1.29, 1.82) is 0 Å². The second-order valence-electron chi connectivity index (χ2n) is 10.1. The zero-order chi connectivity index (χ0) is 29.4. The van der Waals surface area contributed by atoms with Gasteiger partial charge in [-0.3, -0.25) is 4.79 Å². The molecular formula is C34H32Br2N2O4. The molecule has 1 heterocycles. The van der Waals surface area contributed by atoms with E-state index in [0.29, 0.717) is 44.1 Å². The van der Waals surface area contributed by atoms with Crippen molar-refractivity contribution in [2.24, 2.45) is 4.99 Å². The van der Waals surface area contributed by atoms with Crippen LogP contribution in [0.1, 0.15) is 34.8 Å². The number of carbonyl (C=O) groups excluding carboxylic acids is 1. The first-order chi connectivity index (χ1) is 20.5. The lowest BCUT2D eigenvalue weighted by atomic mass is 9.82. The van der Waals surface area contributed by atoms with E-state index in [1.165, 1.54) is 0 Å². The first-order valence-corrected chi connectivity index (χ1v) is 15.5. The summed E-state index contributed by atoms with van der Waals surface area (Å²) in [5, 5.41) is 12.2. The summed E-state index contributed by atoms with van der Waals surface area (Å²) in [6.45, 7) is 0.970. The SMILES string of the molecule is O=C(NCCc1ccc(Br)cc1)[C@]1(Cc2ccccc2Br)N=C(c2ccc(OCCCO)cc2)O[C@@H]1c1ccccc1. The number of nitrogens with one attached hydrogen (secondary N) is 1. The predicted octanol–water partition coefficient (Wildman–Crippen LogP) is 6.83. The number of hydrogen-bond donors (Lipinski definition) is 2. The quantitative estimate of drug-likeness (QED) is 0.160. The highest BCUT2D eigenvalue weighted by molar-refractivity contribution is 9.10. The third-order valence-corrected chi connectivity index (χ3v) is 8.46. The molecule has 1 aliphatic heterocycles. The highest BCUT2D eigenvalue weighted by Gasteiger charge is 2.53. The van der Waals surface area contributed by atoms with E-state index in [9.17, 15) is 4.79 Å². The van der Waals surface area contributed by atoms with Crippen molar-refractivity contribution in [3.05, 3.63) is 134 Å². The molecule has 1 amide bonds. The maximum Gasteiger partial charge on any atom is 0.252 e. The summed E-state index contributed by atoms with van der Waals surface area (Å²) in [5.41, 5.74) is 2.46. The molecule has 0 fully saturated rings. The Labute approximate surface area is 263 Å². The highest BCUT2D eigenvalue weighted by Crippen LogP contribution is 2.43. The van der Waals surface area contributed by atoms with Crippen molar-refractivity contribution in [3.63, 3.8) is 0 Å². The smallest absolute Gasteiger partial charge is 0.252 e. The van der Waals surface area contributed by atoms with Gasteiger partial charge in [-0.15, -0.1) is 0 Å². The van der Waals surface area contributed by atoms with E-state index < -0.39 is 11.6 Å². The van der Waals surface area contributed by atoms with Gasteiger partial charge in [0.2, 0.25) is 5.90 Å². The number of benzene rings is 4. The van der Waals surface area contributed by atoms with E-state index in [-0.39, 0.29) is 12.5 Å². The molecular weight excluding hydrogens is 660 g/mol. The van der Waals surface area contributed by atoms with Gasteiger partial charge in [0, 0.05) is 40.5 Å². The molecule has 2 N–H and O–H groups in total. The Morgan fingerprint density at radius 1 is 0.929 bits per heavy atom.